The van der Waals surface area contributed by atoms with Gasteiger partial charge >= 0.3 is 5.97 Å². The molecule has 0 saturated heterocycles. The Kier molecular flexibility index (Phi) is 3.15. The molecular formula is C15H16F2O3. The van der Waals surface area contributed by atoms with Gasteiger partial charge < -0.3 is 9.84 Å². The van der Waals surface area contributed by atoms with Crippen LogP contribution in [0.2, 0.25) is 0 Å². The van der Waals surface area contributed by atoms with Crippen LogP contribution in [0.5, 0.6) is 5.75 Å². The Morgan fingerprint density at radius 3 is 2.60 bits per heavy atom. The van der Waals surface area contributed by atoms with Crippen molar-refractivity contribution in [3.8, 4) is 5.75 Å². The molecule has 20 heavy (non-hydrogen) atoms. The number of aliphatic carboxylic acids is 1. The van der Waals surface area contributed by atoms with E-state index in [-0.39, 0.29) is 11.7 Å². The third kappa shape index (κ3) is 2.05. The van der Waals surface area contributed by atoms with Crippen molar-refractivity contribution in [3.05, 3.63) is 29.3 Å². The van der Waals surface area contributed by atoms with Gasteiger partial charge in [-0.1, -0.05) is 6.07 Å². The second-order valence-corrected chi connectivity index (χ2v) is 5.76. The third-order valence-corrected chi connectivity index (χ3v) is 4.67. The molecule has 2 fully saturated rings. The maximum absolute atomic E-state index is 13.8. The predicted molar refractivity (Wildman–Crippen MR) is 67.6 cm³/mol. The number of fused-ring (bicyclic) bond motifs is 1. The zero-order valence-electron chi connectivity index (χ0n) is 11.1. The van der Waals surface area contributed by atoms with E-state index in [1.165, 1.54) is 13.2 Å². The molecule has 1 aromatic carbocycles. The van der Waals surface area contributed by atoms with Gasteiger partial charge in [-0.2, -0.15) is 4.39 Å². The molecule has 0 radical (unpaired) electrons. The molecule has 0 spiro atoms. The molecule has 2 unspecified atom stereocenters. The number of hydrogen-bond acceptors (Lipinski definition) is 2. The first-order valence-corrected chi connectivity index (χ1v) is 6.77. The fraction of sp³-hybridized carbons (Fsp3) is 0.533. The Balaban J connectivity index is 2.02. The van der Waals surface area contributed by atoms with Crippen molar-refractivity contribution in [1.29, 1.82) is 0 Å². The van der Waals surface area contributed by atoms with Gasteiger partial charge in [0.15, 0.2) is 11.6 Å². The zero-order valence-corrected chi connectivity index (χ0v) is 11.1. The molecule has 5 heteroatoms. The molecule has 3 nitrogen and oxygen atoms in total. The van der Waals surface area contributed by atoms with Crippen LogP contribution in [0.4, 0.5) is 8.78 Å². The van der Waals surface area contributed by atoms with Crippen molar-refractivity contribution in [2.75, 3.05) is 7.11 Å². The van der Waals surface area contributed by atoms with Crippen LogP contribution < -0.4 is 4.74 Å². The van der Waals surface area contributed by atoms with Gasteiger partial charge in [-0.05, 0) is 37.2 Å². The number of methoxy groups -OCH3 is 1. The topological polar surface area (TPSA) is 46.5 Å². The van der Waals surface area contributed by atoms with Crippen LogP contribution in [0.3, 0.4) is 0 Å². The maximum Gasteiger partial charge on any atom is 0.307 e. The lowest BCUT2D eigenvalue weighted by atomic mass is 9.75. The number of benzene rings is 1. The van der Waals surface area contributed by atoms with E-state index in [0.717, 1.165) is 12.5 Å². The molecule has 2 aliphatic rings. The summed E-state index contributed by atoms with van der Waals surface area (Å²) in [4.78, 5) is 11.4. The highest BCUT2D eigenvalue weighted by atomic mass is 19.2. The Morgan fingerprint density at radius 2 is 1.95 bits per heavy atom. The summed E-state index contributed by atoms with van der Waals surface area (Å²) < 4.78 is 32.1. The van der Waals surface area contributed by atoms with Crippen molar-refractivity contribution >= 4 is 5.97 Å². The lowest BCUT2D eigenvalue weighted by Crippen LogP contribution is -2.27. The van der Waals surface area contributed by atoms with Gasteiger partial charge in [0.05, 0.1) is 13.0 Å². The molecule has 0 heterocycles. The molecule has 0 aromatic heterocycles. The second-order valence-electron chi connectivity index (χ2n) is 5.76. The van der Waals surface area contributed by atoms with E-state index < -0.39 is 23.5 Å². The number of halogens is 2. The number of carboxylic acid groups (broad SMARTS) is 1. The molecule has 0 amide bonds. The lowest BCUT2D eigenvalue weighted by molar-refractivity contribution is -0.143. The van der Waals surface area contributed by atoms with E-state index in [1.807, 2.05) is 0 Å². The molecule has 2 saturated carbocycles. The minimum atomic E-state index is -1.04. The second kappa shape index (κ2) is 4.72. The lowest BCUT2D eigenvalue weighted by Gasteiger charge is -2.29. The van der Waals surface area contributed by atoms with Crippen molar-refractivity contribution < 1.29 is 23.4 Å². The SMILES string of the molecule is COc1c([C@@H]2CC3CC3C[C@H]2C(=O)O)ccc(F)c1F. The standard InChI is InChI=1S/C15H16F2O3/c1-20-14-9(2-3-12(16)13(14)17)10-5-7-4-8(7)6-11(10)15(18)19/h2-3,7-8,10-11H,4-6H2,1H3,(H,18,19)/t7?,8?,10-,11+/m0/s1. The Hall–Kier alpha value is -1.65. The van der Waals surface area contributed by atoms with Crippen molar-refractivity contribution in [1.82, 2.24) is 0 Å². The highest BCUT2D eigenvalue weighted by molar-refractivity contribution is 5.72. The molecule has 4 atom stereocenters. The monoisotopic (exact) mass is 282 g/mol. The summed E-state index contributed by atoms with van der Waals surface area (Å²) in [6.07, 6.45) is 2.38. The Labute approximate surface area is 115 Å². The number of rotatable bonds is 3. The average Bonchev–Trinajstić information content (AvgIpc) is 3.18. The highest BCUT2D eigenvalue weighted by Gasteiger charge is 2.49. The first-order chi connectivity index (χ1) is 9.52. The number of hydrogen-bond donors (Lipinski definition) is 1. The van der Waals surface area contributed by atoms with Gasteiger partial charge in [0.25, 0.3) is 0 Å². The summed E-state index contributed by atoms with van der Waals surface area (Å²) in [5, 5.41) is 9.39. The third-order valence-electron chi connectivity index (χ3n) is 4.67. The molecule has 1 N–H and O–H groups in total. The van der Waals surface area contributed by atoms with Crippen LogP contribution in [0.15, 0.2) is 12.1 Å². The summed E-state index contributed by atoms with van der Waals surface area (Å²) in [5.74, 6) is -2.87. The summed E-state index contributed by atoms with van der Waals surface area (Å²) in [6, 6.07) is 2.51. The van der Waals surface area contributed by atoms with Gasteiger partial charge in [0.2, 0.25) is 5.82 Å². The van der Waals surface area contributed by atoms with Crippen molar-refractivity contribution in [3.63, 3.8) is 0 Å². The van der Waals surface area contributed by atoms with Crippen LogP contribution in [-0.2, 0) is 4.79 Å². The van der Waals surface area contributed by atoms with E-state index in [2.05, 4.69) is 0 Å². The van der Waals surface area contributed by atoms with Crippen LogP contribution in [0.1, 0.15) is 30.7 Å². The predicted octanol–water partition coefficient (Wildman–Crippen LogP) is 3.19. The zero-order chi connectivity index (χ0) is 14.4. The number of carboxylic acids is 1. The van der Waals surface area contributed by atoms with Crippen molar-refractivity contribution in [2.45, 2.75) is 25.2 Å². The molecular weight excluding hydrogens is 266 g/mol. The summed E-state index contributed by atoms with van der Waals surface area (Å²) in [7, 11) is 1.28. The average molecular weight is 282 g/mol. The Morgan fingerprint density at radius 1 is 1.25 bits per heavy atom. The van der Waals surface area contributed by atoms with Crippen LogP contribution in [0.25, 0.3) is 0 Å². The summed E-state index contributed by atoms with van der Waals surface area (Å²) in [5.41, 5.74) is 0.476. The van der Waals surface area contributed by atoms with E-state index in [9.17, 15) is 18.7 Å². The number of ether oxygens (including phenoxy) is 1. The Bertz CT molecular complexity index is 558. The van der Waals surface area contributed by atoms with Gasteiger partial charge in [-0.3, -0.25) is 4.79 Å². The normalized spacial score (nSPS) is 31.6. The van der Waals surface area contributed by atoms with Gasteiger partial charge in [0.1, 0.15) is 0 Å². The quantitative estimate of drug-likeness (QED) is 0.926. The van der Waals surface area contributed by atoms with E-state index in [0.29, 0.717) is 30.2 Å². The first-order valence-electron chi connectivity index (χ1n) is 6.77. The fourth-order valence-electron chi connectivity index (χ4n) is 3.53. The smallest absolute Gasteiger partial charge is 0.307 e. The van der Waals surface area contributed by atoms with Crippen LogP contribution >= 0.6 is 0 Å². The molecule has 1 aromatic rings. The summed E-state index contributed by atoms with van der Waals surface area (Å²) in [6.45, 7) is 0. The molecule has 3 rings (SSSR count). The van der Waals surface area contributed by atoms with Crippen LogP contribution in [0, 0.1) is 29.4 Å². The van der Waals surface area contributed by atoms with Gasteiger partial charge in [-0.15, -0.1) is 0 Å². The fourth-order valence-corrected chi connectivity index (χ4v) is 3.53. The first kappa shape index (κ1) is 13.3. The summed E-state index contributed by atoms with van der Waals surface area (Å²) >= 11 is 0. The largest absolute Gasteiger partial charge is 0.493 e. The minimum absolute atomic E-state index is 0.152. The van der Waals surface area contributed by atoms with Gasteiger partial charge in [-0.25, -0.2) is 4.39 Å². The highest BCUT2D eigenvalue weighted by Crippen LogP contribution is 2.57. The van der Waals surface area contributed by atoms with Crippen LogP contribution in [-0.4, -0.2) is 18.2 Å². The van der Waals surface area contributed by atoms with Crippen molar-refractivity contribution in [2.24, 2.45) is 17.8 Å². The number of carbonyl (C=O) groups is 1. The van der Waals surface area contributed by atoms with E-state index >= 15 is 0 Å². The van der Waals surface area contributed by atoms with E-state index in [1.54, 1.807) is 0 Å². The maximum atomic E-state index is 13.8. The molecule has 2 aliphatic carbocycles. The molecule has 0 bridgehead atoms. The van der Waals surface area contributed by atoms with Gasteiger partial charge in [0, 0.05) is 11.5 Å². The van der Waals surface area contributed by atoms with E-state index in [4.69, 9.17) is 4.74 Å². The minimum Gasteiger partial charge on any atom is -0.493 e. The molecule has 108 valence electrons. The molecule has 0 aliphatic heterocycles.